The van der Waals surface area contributed by atoms with Gasteiger partial charge >= 0.3 is 0 Å². The van der Waals surface area contributed by atoms with E-state index in [1.807, 2.05) is 20.8 Å². The van der Waals surface area contributed by atoms with Crippen molar-refractivity contribution in [2.24, 2.45) is 5.92 Å². The summed E-state index contributed by atoms with van der Waals surface area (Å²) in [4.78, 5) is 12.0. The first-order valence-corrected chi connectivity index (χ1v) is 7.39. The maximum Gasteiger partial charge on any atom is 0.251 e. The van der Waals surface area contributed by atoms with Gasteiger partial charge in [-0.05, 0) is 38.0 Å². The Morgan fingerprint density at radius 2 is 1.90 bits per heavy atom. The highest BCUT2D eigenvalue weighted by Crippen LogP contribution is 2.28. The molecule has 0 heterocycles. The van der Waals surface area contributed by atoms with E-state index in [-0.39, 0.29) is 11.8 Å². The molecule has 0 bridgehead atoms. The van der Waals surface area contributed by atoms with E-state index < -0.39 is 0 Å². The number of ether oxygens (including phenoxy) is 2. The van der Waals surface area contributed by atoms with E-state index in [1.165, 1.54) is 0 Å². The Kier molecular flexibility index (Phi) is 7.23. The van der Waals surface area contributed by atoms with E-state index in [0.29, 0.717) is 42.7 Å². The SMILES string of the molecule is CCOc1ccc(C(=O)NCC(C)CCl)cc1OCC. The standard InChI is InChI=1S/C15H22ClNO3/c1-4-19-13-7-6-12(8-14(13)20-5-2)15(18)17-10-11(3)9-16/h6-8,11H,4-5,9-10H2,1-3H3,(H,17,18). The van der Waals surface area contributed by atoms with Crippen LogP contribution in [0.5, 0.6) is 11.5 Å². The molecule has 0 saturated carbocycles. The monoisotopic (exact) mass is 299 g/mol. The lowest BCUT2D eigenvalue weighted by atomic mass is 10.1. The third-order valence-corrected chi connectivity index (χ3v) is 3.21. The summed E-state index contributed by atoms with van der Waals surface area (Å²) < 4.78 is 11.0. The Morgan fingerprint density at radius 3 is 2.50 bits per heavy atom. The molecule has 0 radical (unpaired) electrons. The minimum atomic E-state index is -0.133. The van der Waals surface area contributed by atoms with Crippen molar-refractivity contribution in [2.75, 3.05) is 25.6 Å². The van der Waals surface area contributed by atoms with Gasteiger partial charge in [-0.2, -0.15) is 0 Å². The lowest BCUT2D eigenvalue weighted by Gasteiger charge is -2.13. The van der Waals surface area contributed by atoms with Crippen LogP contribution >= 0.6 is 11.6 Å². The van der Waals surface area contributed by atoms with E-state index in [9.17, 15) is 4.79 Å². The molecule has 0 aliphatic rings. The van der Waals surface area contributed by atoms with Crippen LogP contribution < -0.4 is 14.8 Å². The molecular weight excluding hydrogens is 278 g/mol. The highest BCUT2D eigenvalue weighted by Gasteiger charge is 2.12. The van der Waals surface area contributed by atoms with Gasteiger partial charge in [0.25, 0.3) is 5.91 Å². The Labute approximate surface area is 125 Å². The predicted molar refractivity (Wildman–Crippen MR) is 81.0 cm³/mol. The summed E-state index contributed by atoms with van der Waals surface area (Å²) >= 11 is 5.72. The average Bonchev–Trinajstić information content (AvgIpc) is 2.46. The largest absolute Gasteiger partial charge is 0.490 e. The zero-order valence-electron chi connectivity index (χ0n) is 12.2. The average molecular weight is 300 g/mol. The van der Waals surface area contributed by atoms with E-state index >= 15 is 0 Å². The van der Waals surface area contributed by atoms with E-state index in [0.717, 1.165) is 0 Å². The minimum Gasteiger partial charge on any atom is -0.490 e. The summed E-state index contributed by atoms with van der Waals surface area (Å²) in [5, 5.41) is 2.85. The zero-order valence-corrected chi connectivity index (χ0v) is 13.0. The molecule has 4 nitrogen and oxygen atoms in total. The molecular formula is C15H22ClNO3. The second-order valence-electron chi connectivity index (χ2n) is 4.50. The predicted octanol–water partition coefficient (Wildman–Crippen LogP) is 3.09. The molecule has 1 aromatic rings. The number of benzene rings is 1. The summed E-state index contributed by atoms with van der Waals surface area (Å²) in [7, 11) is 0. The molecule has 112 valence electrons. The van der Waals surface area contributed by atoms with Gasteiger partial charge in [-0.3, -0.25) is 4.79 Å². The molecule has 20 heavy (non-hydrogen) atoms. The summed E-state index contributed by atoms with van der Waals surface area (Å²) in [5.41, 5.74) is 0.554. The summed E-state index contributed by atoms with van der Waals surface area (Å²) in [6.07, 6.45) is 0. The van der Waals surface area contributed by atoms with Gasteiger partial charge in [0, 0.05) is 18.0 Å². The van der Waals surface area contributed by atoms with Gasteiger partial charge < -0.3 is 14.8 Å². The smallest absolute Gasteiger partial charge is 0.251 e. The second kappa shape index (κ2) is 8.69. The number of amides is 1. The fourth-order valence-corrected chi connectivity index (χ4v) is 1.73. The topological polar surface area (TPSA) is 47.6 Å². The lowest BCUT2D eigenvalue weighted by Crippen LogP contribution is -2.28. The van der Waals surface area contributed by atoms with Crippen LogP contribution in [0.15, 0.2) is 18.2 Å². The van der Waals surface area contributed by atoms with Crippen molar-refractivity contribution in [3.8, 4) is 11.5 Å². The minimum absolute atomic E-state index is 0.133. The molecule has 1 N–H and O–H groups in total. The maximum absolute atomic E-state index is 12.0. The van der Waals surface area contributed by atoms with Crippen LogP contribution in [0.1, 0.15) is 31.1 Å². The van der Waals surface area contributed by atoms with Gasteiger partial charge in [0.2, 0.25) is 0 Å². The van der Waals surface area contributed by atoms with E-state index in [4.69, 9.17) is 21.1 Å². The first-order valence-electron chi connectivity index (χ1n) is 6.86. The fourth-order valence-electron chi connectivity index (χ4n) is 1.62. The third-order valence-electron chi connectivity index (χ3n) is 2.68. The number of rotatable bonds is 8. The number of hydrogen-bond donors (Lipinski definition) is 1. The van der Waals surface area contributed by atoms with Crippen LogP contribution in [0, 0.1) is 5.92 Å². The van der Waals surface area contributed by atoms with Crippen molar-refractivity contribution >= 4 is 17.5 Å². The quantitative estimate of drug-likeness (QED) is 0.750. The first-order chi connectivity index (χ1) is 9.62. The molecule has 1 aromatic carbocycles. The van der Waals surface area contributed by atoms with Crippen LogP contribution in [0.25, 0.3) is 0 Å². The Bertz CT molecular complexity index is 437. The molecule has 0 aliphatic heterocycles. The number of nitrogens with one attached hydrogen (secondary N) is 1. The molecule has 5 heteroatoms. The van der Waals surface area contributed by atoms with Gasteiger partial charge in [-0.15, -0.1) is 11.6 Å². The summed E-state index contributed by atoms with van der Waals surface area (Å²) in [6.45, 7) is 7.42. The normalized spacial score (nSPS) is 11.8. The lowest BCUT2D eigenvalue weighted by molar-refractivity contribution is 0.0948. The molecule has 1 unspecified atom stereocenters. The summed E-state index contributed by atoms with van der Waals surface area (Å²) in [6, 6.07) is 5.19. The molecule has 1 amide bonds. The Balaban J connectivity index is 2.79. The van der Waals surface area contributed by atoms with Crippen molar-refractivity contribution in [3.05, 3.63) is 23.8 Å². The Morgan fingerprint density at radius 1 is 1.25 bits per heavy atom. The number of carbonyl (C=O) groups excluding carboxylic acids is 1. The fraction of sp³-hybridized carbons (Fsp3) is 0.533. The zero-order chi connectivity index (χ0) is 15.0. The molecule has 0 aromatic heterocycles. The van der Waals surface area contributed by atoms with Crippen LogP contribution in [-0.2, 0) is 0 Å². The van der Waals surface area contributed by atoms with Crippen molar-refractivity contribution < 1.29 is 14.3 Å². The van der Waals surface area contributed by atoms with Gasteiger partial charge in [-0.25, -0.2) is 0 Å². The molecule has 0 spiro atoms. The van der Waals surface area contributed by atoms with Gasteiger partial charge in [0.05, 0.1) is 13.2 Å². The third kappa shape index (κ3) is 4.93. The maximum atomic E-state index is 12.0. The van der Waals surface area contributed by atoms with Crippen molar-refractivity contribution in [2.45, 2.75) is 20.8 Å². The molecule has 0 fully saturated rings. The number of hydrogen-bond acceptors (Lipinski definition) is 3. The van der Waals surface area contributed by atoms with E-state index in [2.05, 4.69) is 5.32 Å². The summed E-state index contributed by atoms with van der Waals surface area (Å²) in [5.74, 6) is 1.88. The molecule has 1 rings (SSSR count). The van der Waals surface area contributed by atoms with Gasteiger partial charge in [0.15, 0.2) is 11.5 Å². The number of halogens is 1. The van der Waals surface area contributed by atoms with Gasteiger partial charge in [-0.1, -0.05) is 6.92 Å². The highest BCUT2D eigenvalue weighted by atomic mass is 35.5. The number of carbonyl (C=O) groups is 1. The molecule has 1 atom stereocenters. The van der Waals surface area contributed by atoms with Crippen molar-refractivity contribution in [1.82, 2.24) is 5.32 Å². The van der Waals surface area contributed by atoms with Crippen molar-refractivity contribution in [1.29, 1.82) is 0 Å². The van der Waals surface area contributed by atoms with Crippen LogP contribution in [-0.4, -0.2) is 31.5 Å². The van der Waals surface area contributed by atoms with Gasteiger partial charge in [0.1, 0.15) is 0 Å². The van der Waals surface area contributed by atoms with E-state index in [1.54, 1.807) is 18.2 Å². The highest BCUT2D eigenvalue weighted by molar-refractivity contribution is 6.18. The van der Waals surface area contributed by atoms with Crippen LogP contribution in [0.4, 0.5) is 0 Å². The Hall–Kier alpha value is -1.42. The van der Waals surface area contributed by atoms with Crippen LogP contribution in [0.3, 0.4) is 0 Å². The first kappa shape index (κ1) is 16.6. The van der Waals surface area contributed by atoms with Crippen LogP contribution in [0.2, 0.25) is 0 Å². The molecule has 0 aliphatic carbocycles. The molecule has 0 saturated heterocycles. The second-order valence-corrected chi connectivity index (χ2v) is 4.81. The van der Waals surface area contributed by atoms with Crippen molar-refractivity contribution in [3.63, 3.8) is 0 Å². The number of alkyl halides is 1.